The number of nitrogens with two attached hydrogens (primary N) is 2. The van der Waals surface area contributed by atoms with Crippen molar-refractivity contribution in [2.45, 2.75) is 38.9 Å². The van der Waals surface area contributed by atoms with Gasteiger partial charge in [0.2, 0.25) is 0 Å². The van der Waals surface area contributed by atoms with Crippen molar-refractivity contribution in [1.82, 2.24) is 9.97 Å². The number of para-hydroxylation sites is 2. The van der Waals surface area contributed by atoms with Crippen molar-refractivity contribution in [2.24, 2.45) is 0 Å². The van der Waals surface area contributed by atoms with Crippen LogP contribution in [-0.2, 0) is 11.2 Å². The second-order valence-corrected chi connectivity index (χ2v) is 8.36. The van der Waals surface area contributed by atoms with Gasteiger partial charge in [0, 0.05) is 10.8 Å². The molecule has 6 nitrogen and oxygen atoms in total. The Balaban J connectivity index is 0.000000171. The quantitative estimate of drug-likeness (QED) is 0.400. The Hall–Kier alpha value is -3.22. The van der Waals surface area contributed by atoms with Crippen molar-refractivity contribution in [3.63, 3.8) is 0 Å². The van der Waals surface area contributed by atoms with E-state index in [0.717, 1.165) is 21.8 Å². The first kappa shape index (κ1) is 21.5. The number of aromatic nitrogens is 2. The molecular weight excluding hydrogens is 376 g/mol. The lowest BCUT2D eigenvalue weighted by Crippen LogP contribution is -2.19. The molecule has 0 saturated carbocycles. The lowest BCUT2D eigenvalue weighted by molar-refractivity contribution is 0.0745. The van der Waals surface area contributed by atoms with Crippen LogP contribution >= 0.6 is 0 Å². The number of pyridine rings is 2. The topological polar surface area (TPSA) is 118 Å². The highest BCUT2D eigenvalue weighted by Crippen LogP contribution is 2.28. The van der Waals surface area contributed by atoms with Gasteiger partial charge in [-0.2, -0.15) is 0 Å². The fourth-order valence-corrected chi connectivity index (χ4v) is 3.24. The number of aliphatic hydroxyl groups is 2. The van der Waals surface area contributed by atoms with Crippen LogP contribution in [0, 0.1) is 0 Å². The van der Waals surface area contributed by atoms with Crippen molar-refractivity contribution >= 4 is 33.2 Å². The largest absolute Gasteiger partial charge is 0.397 e. The van der Waals surface area contributed by atoms with E-state index in [9.17, 15) is 10.2 Å². The molecule has 6 N–H and O–H groups in total. The van der Waals surface area contributed by atoms with E-state index in [0.29, 0.717) is 22.8 Å². The summed E-state index contributed by atoms with van der Waals surface area (Å²) in [5.74, 6) is 0. The third-order valence-electron chi connectivity index (χ3n) is 4.67. The number of rotatable bonds is 2. The lowest BCUT2D eigenvalue weighted by atomic mass is 10.0. The first-order valence-corrected chi connectivity index (χ1v) is 9.73. The first-order valence-electron chi connectivity index (χ1n) is 9.73. The van der Waals surface area contributed by atoms with Gasteiger partial charge in [0.1, 0.15) is 11.2 Å². The van der Waals surface area contributed by atoms with Crippen LogP contribution in [-0.4, -0.2) is 20.2 Å². The summed E-state index contributed by atoms with van der Waals surface area (Å²) in [7, 11) is 0. The SMILES string of the molecule is CC(C)(O)c1nc2ccccc2cc1N.CC(C)(O)c1nc2ccccc2cc1N. The minimum absolute atomic E-state index is 0.529. The molecule has 2 heterocycles. The van der Waals surface area contributed by atoms with Crippen molar-refractivity contribution in [3.8, 4) is 0 Å². The van der Waals surface area contributed by atoms with Gasteiger partial charge in [0.15, 0.2) is 0 Å². The molecule has 0 aliphatic heterocycles. The zero-order valence-corrected chi connectivity index (χ0v) is 17.7. The molecule has 4 aromatic rings. The summed E-state index contributed by atoms with van der Waals surface area (Å²) in [6.45, 7) is 6.72. The molecule has 0 aliphatic carbocycles. The Labute approximate surface area is 176 Å². The van der Waals surface area contributed by atoms with Crippen LogP contribution in [0.5, 0.6) is 0 Å². The van der Waals surface area contributed by atoms with Gasteiger partial charge in [-0.25, -0.2) is 9.97 Å². The van der Waals surface area contributed by atoms with Crippen LogP contribution in [0.1, 0.15) is 39.1 Å². The molecule has 0 aliphatic rings. The summed E-state index contributed by atoms with van der Waals surface area (Å²) in [6, 6.07) is 19.1. The molecule has 6 heteroatoms. The van der Waals surface area contributed by atoms with E-state index in [-0.39, 0.29) is 0 Å². The molecule has 0 bridgehead atoms. The van der Waals surface area contributed by atoms with E-state index < -0.39 is 11.2 Å². The number of hydrogen-bond donors (Lipinski definition) is 4. The minimum Gasteiger partial charge on any atom is -0.397 e. The molecule has 4 rings (SSSR count). The number of fused-ring (bicyclic) bond motifs is 2. The van der Waals surface area contributed by atoms with Gasteiger partial charge in [0.25, 0.3) is 0 Å². The fraction of sp³-hybridized carbons (Fsp3) is 0.250. The maximum Gasteiger partial charge on any atom is 0.103 e. The second-order valence-electron chi connectivity index (χ2n) is 8.36. The van der Waals surface area contributed by atoms with E-state index in [4.69, 9.17) is 11.5 Å². The van der Waals surface area contributed by atoms with Gasteiger partial charge in [-0.1, -0.05) is 36.4 Å². The highest BCUT2D eigenvalue weighted by Gasteiger charge is 2.22. The van der Waals surface area contributed by atoms with Gasteiger partial charge in [0.05, 0.1) is 33.8 Å². The van der Waals surface area contributed by atoms with Crippen LogP contribution in [0.15, 0.2) is 60.7 Å². The first-order chi connectivity index (χ1) is 14.0. The molecule has 0 radical (unpaired) electrons. The minimum atomic E-state index is -1.01. The van der Waals surface area contributed by atoms with Gasteiger partial charge in [-0.3, -0.25) is 0 Å². The number of nitrogens with zero attached hydrogens (tertiary/aromatic N) is 2. The molecule has 30 heavy (non-hydrogen) atoms. The predicted molar refractivity (Wildman–Crippen MR) is 123 cm³/mol. The normalized spacial score (nSPS) is 11.9. The highest BCUT2D eigenvalue weighted by molar-refractivity contribution is 5.83. The molecule has 0 atom stereocenters. The zero-order valence-electron chi connectivity index (χ0n) is 17.7. The van der Waals surface area contributed by atoms with E-state index in [1.54, 1.807) is 27.7 Å². The Morgan fingerprint density at radius 3 is 1.30 bits per heavy atom. The van der Waals surface area contributed by atoms with Crippen molar-refractivity contribution in [1.29, 1.82) is 0 Å². The molecule has 0 saturated heterocycles. The average Bonchev–Trinajstić information content (AvgIpc) is 2.65. The Morgan fingerprint density at radius 1 is 0.633 bits per heavy atom. The average molecular weight is 405 g/mol. The molecule has 156 valence electrons. The van der Waals surface area contributed by atoms with Gasteiger partial charge >= 0.3 is 0 Å². The number of anilines is 2. The number of nitrogen functional groups attached to an aromatic ring is 2. The third-order valence-corrected chi connectivity index (χ3v) is 4.67. The van der Waals surface area contributed by atoms with Crippen molar-refractivity contribution in [3.05, 3.63) is 72.1 Å². The van der Waals surface area contributed by atoms with E-state index >= 15 is 0 Å². The zero-order chi connectivity index (χ0) is 22.1. The maximum atomic E-state index is 9.89. The Bertz CT molecular complexity index is 1100. The maximum absolute atomic E-state index is 9.89. The van der Waals surface area contributed by atoms with Crippen LogP contribution in [0.25, 0.3) is 21.8 Å². The number of hydrogen-bond acceptors (Lipinski definition) is 6. The monoisotopic (exact) mass is 404 g/mol. The van der Waals surface area contributed by atoms with Crippen LogP contribution in [0.3, 0.4) is 0 Å². The summed E-state index contributed by atoms with van der Waals surface area (Å²) in [6.07, 6.45) is 0. The van der Waals surface area contributed by atoms with Crippen LogP contribution in [0.4, 0.5) is 11.4 Å². The summed E-state index contributed by atoms with van der Waals surface area (Å²) < 4.78 is 0. The fourth-order valence-electron chi connectivity index (χ4n) is 3.24. The predicted octanol–water partition coefficient (Wildman–Crippen LogP) is 4.09. The lowest BCUT2D eigenvalue weighted by Gasteiger charge is -2.19. The molecule has 0 amide bonds. The smallest absolute Gasteiger partial charge is 0.103 e. The number of benzene rings is 2. The summed E-state index contributed by atoms with van der Waals surface area (Å²) in [5, 5.41) is 21.8. The van der Waals surface area contributed by atoms with Crippen LogP contribution < -0.4 is 11.5 Å². The van der Waals surface area contributed by atoms with E-state index in [1.165, 1.54) is 0 Å². The van der Waals surface area contributed by atoms with Gasteiger partial charge in [-0.15, -0.1) is 0 Å². The third kappa shape index (κ3) is 4.67. The van der Waals surface area contributed by atoms with Gasteiger partial charge < -0.3 is 21.7 Å². The van der Waals surface area contributed by atoms with Crippen molar-refractivity contribution < 1.29 is 10.2 Å². The summed E-state index contributed by atoms with van der Waals surface area (Å²) in [4.78, 5) is 8.74. The molecule has 2 aromatic carbocycles. The van der Waals surface area contributed by atoms with E-state index in [2.05, 4.69) is 9.97 Å². The highest BCUT2D eigenvalue weighted by atomic mass is 16.3. The summed E-state index contributed by atoms with van der Waals surface area (Å²) >= 11 is 0. The Morgan fingerprint density at radius 2 is 0.967 bits per heavy atom. The van der Waals surface area contributed by atoms with Crippen molar-refractivity contribution in [2.75, 3.05) is 11.5 Å². The molecule has 0 unspecified atom stereocenters. The standard InChI is InChI=1S/2C12H14N2O/c2*1-12(2,15)11-9(13)7-8-5-3-4-6-10(8)14-11/h2*3-7,15H,13H2,1-2H3. The molecule has 0 spiro atoms. The summed E-state index contributed by atoms with van der Waals surface area (Å²) in [5.41, 5.74) is 13.5. The van der Waals surface area contributed by atoms with Crippen LogP contribution in [0.2, 0.25) is 0 Å². The molecule has 2 aromatic heterocycles. The van der Waals surface area contributed by atoms with Gasteiger partial charge in [-0.05, 0) is 52.0 Å². The van der Waals surface area contributed by atoms with E-state index in [1.807, 2.05) is 60.7 Å². The Kier molecular flexibility index (Phi) is 5.65. The molecule has 0 fully saturated rings. The second kappa shape index (κ2) is 7.89. The molecular formula is C24H28N4O2.